The van der Waals surface area contributed by atoms with Crippen molar-refractivity contribution in [2.24, 2.45) is 5.73 Å². The van der Waals surface area contributed by atoms with E-state index >= 15 is 0 Å². The number of sulfone groups is 1. The number of unbranched alkanes of at least 4 members (excludes halogenated alkanes) is 2. The Morgan fingerprint density at radius 1 is 1.11 bits per heavy atom. The van der Waals surface area contributed by atoms with Crippen molar-refractivity contribution >= 4 is 51.5 Å². The number of nitrogens with one attached hydrogen (secondary N) is 1. The number of pyridine rings is 1. The Morgan fingerprint density at radius 2 is 1.83 bits per heavy atom. The van der Waals surface area contributed by atoms with Crippen LogP contribution >= 0.6 is 24.0 Å². The summed E-state index contributed by atoms with van der Waals surface area (Å²) in [6.45, 7) is 4.58. The molecule has 15 heteroatoms. The van der Waals surface area contributed by atoms with Crippen LogP contribution in [0.3, 0.4) is 0 Å². The number of benzene rings is 2. The molecule has 4 rings (SSSR count). The summed E-state index contributed by atoms with van der Waals surface area (Å²) in [4.78, 5) is 33.2. The van der Waals surface area contributed by atoms with Crippen LogP contribution in [0.4, 0.5) is 19.3 Å². The summed E-state index contributed by atoms with van der Waals surface area (Å²) in [5.41, 5.74) is 5.34. The second-order valence-corrected chi connectivity index (χ2v) is 13.4. The first-order valence-electron chi connectivity index (χ1n) is 14.6. The third kappa shape index (κ3) is 9.74. The average molecular weight is 701 g/mol. The molecular formula is C31H37Cl2F2N5O5S. The number of likely N-dealkylation sites (tertiary alicyclic amines) is 1. The number of aromatic nitrogens is 1. The standard InChI is InChI=1S/C31H36ClF2N5O5S.ClH/c1-3-4-5-12-39(31(41)37-27-16-23(30(35)40)25(33)17-26(27)34)21-10-13-38(14-11-21)19-20-6-9-29(36-18-20)44-28-8-7-22(15-24(28)32)45(2,42)43;/h6-9,15-18,21H,3-5,10-14,19H2,1-2H3,(H2,35,40)(H,37,41);1H. The van der Waals surface area contributed by atoms with Gasteiger partial charge in [0.05, 0.1) is 21.2 Å². The lowest BCUT2D eigenvalue weighted by Gasteiger charge is -2.38. The Morgan fingerprint density at radius 3 is 2.41 bits per heavy atom. The number of anilines is 1. The predicted molar refractivity (Wildman–Crippen MR) is 175 cm³/mol. The number of amides is 3. The minimum absolute atomic E-state index is 0. The summed E-state index contributed by atoms with van der Waals surface area (Å²) >= 11 is 6.21. The molecule has 0 radical (unpaired) electrons. The topological polar surface area (TPSA) is 135 Å². The Hall–Kier alpha value is -3.52. The number of piperidine rings is 1. The third-order valence-electron chi connectivity index (χ3n) is 7.57. The first kappa shape index (κ1) is 36.9. The number of nitrogens with two attached hydrogens (primary N) is 1. The first-order valence-corrected chi connectivity index (χ1v) is 16.8. The van der Waals surface area contributed by atoms with Gasteiger partial charge >= 0.3 is 6.03 Å². The predicted octanol–water partition coefficient (Wildman–Crippen LogP) is 6.42. The average Bonchev–Trinajstić information content (AvgIpc) is 2.98. The number of ether oxygens (including phenoxy) is 1. The van der Waals surface area contributed by atoms with E-state index < -0.39 is 39.0 Å². The molecule has 1 aliphatic heterocycles. The fourth-order valence-corrected chi connectivity index (χ4v) is 6.05. The summed E-state index contributed by atoms with van der Waals surface area (Å²) in [6.07, 6.45) is 6.83. The second kappa shape index (κ2) is 16.3. The smallest absolute Gasteiger partial charge is 0.322 e. The molecule has 3 aromatic rings. The van der Waals surface area contributed by atoms with Gasteiger partial charge in [-0.05, 0) is 49.1 Å². The van der Waals surface area contributed by atoms with Gasteiger partial charge in [-0.25, -0.2) is 27.0 Å². The molecule has 0 bridgehead atoms. The lowest BCUT2D eigenvalue weighted by atomic mass is 10.0. The second-order valence-electron chi connectivity index (χ2n) is 11.0. The van der Waals surface area contributed by atoms with Crippen LogP contribution in [0.25, 0.3) is 0 Å². The molecule has 3 N–H and O–H groups in total. The highest BCUT2D eigenvalue weighted by Gasteiger charge is 2.29. The number of hydrogen-bond donors (Lipinski definition) is 2. The maximum absolute atomic E-state index is 14.5. The Balaban J connectivity index is 0.00000576. The van der Waals surface area contributed by atoms with Crippen LogP contribution in [-0.4, -0.2) is 67.1 Å². The van der Waals surface area contributed by atoms with Crippen molar-refractivity contribution in [1.82, 2.24) is 14.8 Å². The molecule has 0 spiro atoms. The van der Waals surface area contributed by atoms with Gasteiger partial charge in [0.15, 0.2) is 9.84 Å². The summed E-state index contributed by atoms with van der Waals surface area (Å²) in [6, 6.07) is 8.68. The van der Waals surface area contributed by atoms with Crippen LogP contribution in [0.1, 0.15) is 54.9 Å². The van der Waals surface area contributed by atoms with Crippen molar-refractivity contribution in [3.63, 3.8) is 0 Å². The van der Waals surface area contributed by atoms with E-state index in [4.69, 9.17) is 22.1 Å². The fourth-order valence-electron chi connectivity index (χ4n) is 5.12. The summed E-state index contributed by atoms with van der Waals surface area (Å²) in [5, 5.41) is 2.67. The normalized spacial score (nSPS) is 13.9. The molecule has 0 aliphatic carbocycles. The monoisotopic (exact) mass is 699 g/mol. The molecule has 1 aliphatic rings. The van der Waals surface area contributed by atoms with E-state index in [2.05, 4.69) is 22.1 Å². The number of nitrogens with zero attached hydrogens (tertiary/aromatic N) is 3. The quantitative estimate of drug-likeness (QED) is 0.208. The molecule has 3 amide bonds. The van der Waals surface area contributed by atoms with Gasteiger partial charge in [-0.2, -0.15) is 0 Å². The maximum Gasteiger partial charge on any atom is 0.322 e. The highest BCUT2D eigenvalue weighted by atomic mass is 35.5. The number of hydrogen-bond acceptors (Lipinski definition) is 7. The van der Waals surface area contributed by atoms with E-state index in [1.54, 1.807) is 17.2 Å². The Kier molecular flexibility index (Phi) is 13.1. The number of urea groups is 1. The molecule has 250 valence electrons. The number of halogens is 4. The fraction of sp³-hybridized carbons (Fsp3) is 0.387. The summed E-state index contributed by atoms with van der Waals surface area (Å²) < 4.78 is 57.6. The molecule has 2 heterocycles. The largest absolute Gasteiger partial charge is 0.437 e. The number of rotatable bonds is 12. The Bertz CT molecular complexity index is 1640. The molecule has 1 aromatic heterocycles. The van der Waals surface area contributed by atoms with Crippen molar-refractivity contribution in [2.45, 2.75) is 56.5 Å². The molecule has 46 heavy (non-hydrogen) atoms. The summed E-state index contributed by atoms with van der Waals surface area (Å²) in [7, 11) is -3.39. The van der Waals surface area contributed by atoms with E-state index in [0.717, 1.165) is 37.1 Å². The van der Waals surface area contributed by atoms with E-state index in [-0.39, 0.29) is 39.8 Å². The van der Waals surface area contributed by atoms with Gasteiger partial charge in [0, 0.05) is 56.8 Å². The van der Waals surface area contributed by atoms with Gasteiger partial charge in [-0.1, -0.05) is 37.4 Å². The van der Waals surface area contributed by atoms with E-state index in [0.29, 0.717) is 51.0 Å². The molecule has 1 saturated heterocycles. The van der Waals surface area contributed by atoms with Crippen molar-refractivity contribution < 1.29 is 31.5 Å². The van der Waals surface area contributed by atoms with Crippen LogP contribution in [0.15, 0.2) is 53.6 Å². The van der Waals surface area contributed by atoms with Crippen molar-refractivity contribution in [3.05, 3.63) is 76.4 Å². The minimum atomic E-state index is -3.39. The minimum Gasteiger partial charge on any atom is -0.437 e. The molecule has 0 saturated carbocycles. The van der Waals surface area contributed by atoms with Gasteiger partial charge in [-0.15, -0.1) is 12.4 Å². The number of primary amides is 1. The highest BCUT2D eigenvalue weighted by molar-refractivity contribution is 7.90. The van der Waals surface area contributed by atoms with Crippen LogP contribution in [0, 0.1) is 11.6 Å². The van der Waals surface area contributed by atoms with Crippen LogP contribution < -0.4 is 15.8 Å². The van der Waals surface area contributed by atoms with Crippen LogP contribution in [0.5, 0.6) is 11.6 Å². The van der Waals surface area contributed by atoms with Crippen LogP contribution in [-0.2, 0) is 16.4 Å². The lowest BCUT2D eigenvalue weighted by molar-refractivity contribution is 0.0996. The summed E-state index contributed by atoms with van der Waals surface area (Å²) in [5.74, 6) is -2.55. The van der Waals surface area contributed by atoms with Crippen molar-refractivity contribution in [1.29, 1.82) is 0 Å². The number of carbonyl (C=O) groups is 2. The van der Waals surface area contributed by atoms with E-state index in [1.807, 2.05) is 6.07 Å². The van der Waals surface area contributed by atoms with Gasteiger partial charge in [0.25, 0.3) is 5.91 Å². The van der Waals surface area contributed by atoms with Gasteiger partial charge in [0.1, 0.15) is 17.4 Å². The lowest BCUT2D eigenvalue weighted by Crippen LogP contribution is -2.49. The zero-order valence-corrected chi connectivity index (χ0v) is 27.9. The van der Waals surface area contributed by atoms with Gasteiger partial charge in [-0.3, -0.25) is 9.69 Å². The zero-order chi connectivity index (χ0) is 32.7. The third-order valence-corrected chi connectivity index (χ3v) is 8.98. The van der Waals surface area contributed by atoms with Gasteiger partial charge < -0.3 is 20.7 Å². The van der Waals surface area contributed by atoms with E-state index in [1.165, 1.54) is 18.2 Å². The molecule has 0 unspecified atom stereocenters. The molecule has 1 fully saturated rings. The Labute approximate surface area is 278 Å². The van der Waals surface area contributed by atoms with Crippen LogP contribution in [0.2, 0.25) is 5.02 Å². The molecule has 10 nitrogen and oxygen atoms in total. The molecule has 0 atom stereocenters. The number of carbonyl (C=O) groups excluding carboxylic acids is 2. The SMILES string of the molecule is CCCCCN(C(=O)Nc1cc(C(N)=O)c(F)cc1F)C1CCN(Cc2ccc(Oc3ccc(S(C)(=O)=O)cc3Cl)nc2)CC1.Cl. The van der Waals surface area contributed by atoms with E-state index in [9.17, 15) is 26.8 Å². The molecular weight excluding hydrogens is 663 g/mol. The molecule has 2 aromatic carbocycles. The first-order chi connectivity index (χ1) is 21.3. The van der Waals surface area contributed by atoms with Crippen molar-refractivity contribution in [3.8, 4) is 11.6 Å². The van der Waals surface area contributed by atoms with Gasteiger partial charge in [0.2, 0.25) is 5.88 Å². The van der Waals surface area contributed by atoms with Crippen molar-refractivity contribution in [2.75, 3.05) is 31.2 Å². The highest BCUT2D eigenvalue weighted by Crippen LogP contribution is 2.31. The maximum atomic E-state index is 14.5. The zero-order valence-electron chi connectivity index (χ0n) is 25.5.